The van der Waals surface area contributed by atoms with Gasteiger partial charge in [-0.1, -0.05) is 18.2 Å². The van der Waals surface area contributed by atoms with Crippen LogP contribution in [0.3, 0.4) is 0 Å². The SMILES string of the molecule is Nc1ccccc1.O=CNC(CCC(=O)O)C(=O)O. The van der Waals surface area contributed by atoms with Crippen molar-refractivity contribution in [2.45, 2.75) is 18.9 Å². The third kappa shape index (κ3) is 9.16. The van der Waals surface area contributed by atoms with E-state index in [1.54, 1.807) is 0 Å². The summed E-state index contributed by atoms with van der Waals surface area (Å²) in [4.78, 5) is 30.2. The zero-order valence-corrected chi connectivity index (χ0v) is 10.2. The van der Waals surface area contributed by atoms with E-state index in [1.165, 1.54) is 0 Å². The van der Waals surface area contributed by atoms with Gasteiger partial charge < -0.3 is 21.3 Å². The molecule has 1 aromatic rings. The maximum atomic E-state index is 10.3. The van der Waals surface area contributed by atoms with Gasteiger partial charge in [-0.05, 0) is 18.6 Å². The second-order valence-corrected chi connectivity index (χ2v) is 3.52. The van der Waals surface area contributed by atoms with Gasteiger partial charge in [-0.15, -0.1) is 0 Å². The van der Waals surface area contributed by atoms with E-state index in [0.29, 0.717) is 0 Å². The Morgan fingerprint density at radius 1 is 1.26 bits per heavy atom. The molecule has 0 aliphatic heterocycles. The minimum Gasteiger partial charge on any atom is -0.481 e. The third-order valence-electron chi connectivity index (χ3n) is 2.01. The van der Waals surface area contributed by atoms with Crippen LogP contribution >= 0.6 is 0 Å². The Labute approximate surface area is 110 Å². The van der Waals surface area contributed by atoms with Gasteiger partial charge in [-0.25, -0.2) is 4.79 Å². The number of nitrogen functional groups attached to an aromatic ring is 1. The molecule has 0 aliphatic carbocycles. The van der Waals surface area contributed by atoms with E-state index in [-0.39, 0.29) is 19.3 Å². The summed E-state index contributed by atoms with van der Waals surface area (Å²) in [6.45, 7) is 0. The molecule has 0 saturated heterocycles. The smallest absolute Gasteiger partial charge is 0.326 e. The Kier molecular flexibility index (Phi) is 8.18. The number of nitrogens with one attached hydrogen (secondary N) is 1. The van der Waals surface area contributed by atoms with Gasteiger partial charge in [0.15, 0.2) is 0 Å². The monoisotopic (exact) mass is 268 g/mol. The molecule has 1 rings (SSSR count). The van der Waals surface area contributed by atoms with Crippen LogP contribution in [0.1, 0.15) is 12.8 Å². The molecule has 0 heterocycles. The molecule has 7 nitrogen and oxygen atoms in total. The maximum absolute atomic E-state index is 10.3. The van der Waals surface area contributed by atoms with E-state index in [9.17, 15) is 14.4 Å². The summed E-state index contributed by atoms with van der Waals surface area (Å²) >= 11 is 0. The molecule has 5 N–H and O–H groups in total. The molecule has 0 saturated carbocycles. The second kappa shape index (κ2) is 9.46. The Bertz CT molecular complexity index is 408. The van der Waals surface area contributed by atoms with Crippen molar-refractivity contribution in [3.63, 3.8) is 0 Å². The highest BCUT2D eigenvalue weighted by Crippen LogP contribution is 1.96. The highest BCUT2D eigenvalue weighted by atomic mass is 16.4. The summed E-state index contributed by atoms with van der Waals surface area (Å²) in [7, 11) is 0. The third-order valence-corrected chi connectivity index (χ3v) is 2.01. The first-order valence-electron chi connectivity index (χ1n) is 5.42. The van der Waals surface area contributed by atoms with Crippen LogP contribution in [0.4, 0.5) is 5.69 Å². The first kappa shape index (κ1) is 16.4. The zero-order valence-electron chi connectivity index (χ0n) is 10.2. The molecule has 0 fully saturated rings. The molecule has 0 aliphatic rings. The van der Waals surface area contributed by atoms with Gasteiger partial charge in [-0.3, -0.25) is 9.59 Å². The first-order chi connectivity index (χ1) is 8.97. The Morgan fingerprint density at radius 3 is 2.16 bits per heavy atom. The normalized spacial score (nSPS) is 10.5. The fourth-order valence-corrected chi connectivity index (χ4v) is 1.08. The number of hydrogen-bond donors (Lipinski definition) is 4. The second-order valence-electron chi connectivity index (χ2n) is 3.52. The molecule has 104 valence electrons. The first-order valence-corrected chi connectivity index (χ1v) is 5.42. The average molecular weight is 268 g/mol. The number of nitrogens with two attached hydrogens (primary N) is 1. The summed E-state index contributed by atoms with van der Waals surface area (Å²) in [5, 5.41) is 18.6. The number of hydrogen-bond acceptors (Lipinski definition) is 4. The summed E-state index contributed by atoms with van der Waals surface area (Å²) < 4.78 is 0. The van der Waals surface area contributed by atoms with Crippen molar-refractivity contribution in [2.24, 2.45) is 0 Å². The standard InChI is InChI=1S/C6H9NO5.C6H7N/c8-3-7-4(6(11)12)1-2-5(9)10;7-6-4-2-1-3-5-6/h3-4H,1-2H2,(H,7,8)(H,9,10)(H,11,12);1-5H,7H2. The van der Waals surface area contributed by atoms with Crippen LogP contribution in [0.5, 0.6) is 0 Å². The van der Waals surface area contributed by atoms with E-state index < -0.39 is 18.0 Å². The van der Waals surface area contributed by atoms with Crippen LogP contribution in [0.15, 0.2) is 30.3 Å². The van der Waals surface area contributed by atoms with Gasteiger partial charge in [0.2, 0.25) is 6.41 Å². The number of carbonyl (C=O) groups is 3. The minimum absolute atomic E-state index is 0.108. The molecular formula is C12H16N2O5. The lowest BCUT2D eigenvalue weighted by atomic mass is 10.1. The number of para-hydroxylation sites is 1. The number of benzene rings is 1. The predicted octanol–water partition coefficient (Wildman–Crippen LogP) is 0.319. The van der Waals surface area contributed by atoms with Crippen LogP contribution in [0.25, 0.3) is 0 Å². The van der Waals surface area contributed by atoms with Crippen molar-refractivity contribution in [1.82, 2.24) is 5.32 Å². The van der Waals surface area contributed by atoms with Crippen LogP contribution in [-0.4, -0.2) is 34.6 Å². The topological polar surface area (TPSA) is 130 Å². The Hall–Kier alpha value is -2.57. The fourth-order valence-electron chi connectivity index (χ4n) is 1.08. The molecule has 19 heavy (non-hydrogen) atoms. The number of carbonyl (C=O) groups excluding carboxylic acids is 1. The molecule has 0 bridgehead atoms. The van der Waals surface area contributed by atoms with Crippen LogP contribution in [0.2, 0.25) is 0 Å². The van der Waals surface area contributed by atoms with E-state index in [0.717, 1.165) is 5.69 Å². The molecular weight excluding hydrogens is 252 g/mol. The number of anilines is 1. The number of carboxylic acid groups (broad SMARTS) is 2. The van der Waals surface area contributed by atoms with Gasteiger partial charge in [0.25, 0.3) is 0 Å². The summed E-state index contributed by atoms with van der Waals surface area (Å²) in [5.41, 5.74) is 6.18. The lowest BCUT2D eigenvalue weighted by Crippen LogP contribution is -2.36. The Morgan fingerprint density at radius 2 is 1.84 bits per heavy atom. The quantitative estimate of drug-likeness (QED) is 0.434. The molecule has 0 radical (unpaired) electrons. The highest BCUT2D eigenvalue weighted by Gasteiger charge is 2.16. The summed E-state index contributed by atoms with van der Waals surface area (Å²) in [6.07, 6.45) is -0.151. The van der Waals surface area contributed by atoms with E-state index in [1.807, 2.05) is 35.6 Å². The molecule has 0 spiro atoms. The molecule has 1 aromatic carbocycles. The van der Waals surface area contributed by atoms with E-state index in [2.05, 4.69) is 0 Å². The average Bonchev–Trinajstić information content (AvgIpc) is 2.35. The largest absolute Gasteiger partial charge is 0.481 e. The zero-order chi connectivity index (χ0) is 14.7. The number of amides is 1. The van der Waals surface area contributed by atoms with Gasteiger partial charge >= 0.3 is 11.9 Å². The minimum atomic E-state index is -1.23. The molecule has 0 aromatic heterocycles. The number of aliphatic carboxylic acids is 2. The molecule has 1 amide bonds. The van der Waals surface area contributed by atoms with Crippen molar-refractivity contribution in [3.8, 4) is 0 Å². The van der Waals surface area contributed by atoms with Crippen molar-refractivity contribution in [1.29, 1.82) is 0 Å². The number of rotatable bonds is 6. The van der Waals surface area contributed by atoms with Crippen molar-refractivity contribution in [3.05, 3.63) is 30.3 Å². The van der Waals surface area contributed by atoms with Gasteiger partial charge in [0, 0.05) is 12.1 Å². The number of carboxylic acids is 2. The molecule has 7 heteroatoms. The van der Waals surface area contributed by atoms with Crippen molar-refractivity contribution < 1.29 is 24.6 Å². The van der Waals surface area contributed by atoms with E-state index in [4.69, 9.17) is 15.9 Å². The Balaban J connectivity index is 0.000000388. The lowest BCUT2D eigenvalue weighted by molar-refractivity contribution is -0.141. The lowest BCUT2D eigenvalue weighted by Gasteiger charge is -2.08. The molecule has 1 unspecified atom stereocenters. The van der Waals surface area contributed by atoms with Gasteiger partial charge in [0.05, 0.1) is 0 Å². The predicted molar refractivity (Wildman–Crippen MR) is 68.3 cm³/mol. The van der Waals surface area contributed by atoms with Crippen LogP contribution in [-0.2, 0) is 14.4 Å². The molecule has 1 atom stereocenters. The van der Waals surface area contributed by atoms with Crippen LogP contribution < -0.4 is 11.1 Å². The van der Waals surface area contributed by atoms with Crippen molar-refractivity contribution >= 4 is 24.0 Å². The summed E-state index contributed by atoms with van der Waals surface area (Å²) in [6, 6.07) is 8.37. The fraction of sp³-hybridized carbons (Fsp3) is 0.250. The maximum Gasteiger partial charge on any atom is 0.326 e. The van der Waals surface area contributed by atoms with Gasteiger partial charge in [-0.2, -0.15) is 0 Å². The summed E-state index contributed by atoms with van der Waals surface area (Å²) in [5.74, 6) is -2.32. The van der Waals surface area contributed by atoms with Crippen molar-refractivity contribution in [2.75, 3.05) is 5.73 Å². The van der Waals surface area contributed by atoms with Crippen LogP contribution in [0, 0.1) is 0 Å². The van der Waals surface area contributed by atoms with E-state index >= 15 is 0 Å². The van der Waals surface area contributed by atoms with Gasteiger partial charge in [0.1, 0.15) is 6.04 Å². The highest BCUT2D eigenvalue weighted by molar-refractivity contribution is 5.77.